The van der Waals surface area contributed by atoms with Crippen LogP contribution in [0.25, 0.3) is 0 Å². The zero-order chi connectivity index (χ0) is 13.9. The number of hydrogen-bond donors (Lipinski definition) is 2. The summed E-state index contributed by atoms with van der Waals surface area (Å²) in [5.74, 6) is 0. The summed E-state index contributed by atoms with van der Waals surface area (Å²) in [5, 5.41) is 3.04. The molecule has 100 valence electrons. The molecule has 4 nitrogen and oxygen atoms in total. The molecule has 2 N–H and O–H groups in total. The molecule has 0 heterocycles. The van der Waals surface area contributed by atoms with Gasteiger partial charge in [-0.2, -0.15) is 0 Å². The Balaban J connectivity index is 2.29. The quantitative estimate of drug-likeness (QED) is 0.902. The van der Waals surface area contributed by atoms with Gasteiger partial charge in [0.05, 0.1) is 4.90 Å². The summed E-state index contributed by atoms with van der Waals surface area (Å²) in [4.78, 5) is 0.255. The third-order valence-corrected chi connectivity index (χ3v) is 4.20. The first kappa shape index (κ1) is 13.4. The zero-order valence-electron chi connectivity index (χ0n) is 10.8. The van der Waals surface area contributed by atoms with Gasteiger partial charge < -0.3 is 5.32 Å². The van der Waals surface area contributed by atoms with Gasteiger partial charge in [-0.1, -0.05) is 18.2 Å². The second-order valence-electron chi connectivity index (χ2n) is 4.20. The maximum Gasteiger partial charge on any atom is 0.261 e. The van der Waals surface area contributed by atoms with E-state index in [1.54, 1.807) is 42.5 Å². The van der Waals surface area contributed by atoms with Crippen molar-refractivity contribution in [1.82, 2.24) is 0 Å². The van der Waals surface area contributed by atoms with Crippen LogP contribution in [0.2, 0.25) is 0 Å². The van der Waals surface area contributed by atoms with Gasteiger partial charge in [-0.3, -0.25) is 4.72 Å². The highest BCUT2D eigenvalue weighted by Gasteiger charge is 2.13. The van der Waals surface area contributed by atoms with E-state index < -0.39 is 10.0 Å². The Hall–Kier alpha value is -2.01. The third-order valence-electron chi connectivity index (χ3n) is 2.80. The Morgan fingerprint density at radius 1 is 1.00 bits per heavy atom. The maximum absolute atomic E-state index is 12.1. The number of aryl methyl sites for hydroxylation is 1. The molecule has 0 saturated heterocycles. The van der Waals surface area contributed by atoms with Gasteiger partial charge in [0.15, 0.2) is 0 Å². The second-order valence-corrected chi connectivity index (χ2v) is 5.88. The van der Waals surface area contributed by atoms with Crippen molar-refractivity contribution in [2.24, 2.45) is 0 Å². The second kappa shape index (κ2) is 5.32. The largest absolute Gasteiger partial charge is 0.388 e. The van der Waals surface area contributed by atoms with Crippen LogP contribution in [0.15, 0.2) is 53.4 Å². The van der Waals surface area contributed by atoms with Crippen LogP contribution in [0.5, 0.6) is 0 Å². The van der Waals surface area contributed by atoms with E-state index in [4.69, 9.17) is 0 Å². The molecular formula is C14H16N2O2S. The normalized spacial score (nSPS) is 11.1. The summed E-state index contributed by atoms with van der Waals surface area (Å²) < 4.78 is 26.9. The molecule has 0 aliphatic heterocycles. The molecule has 0 amide bonds. The van der Waals surface area contributed by atoms with Gasteiger partial charge in [0.1, 0.15) is 0 Å². The third kappa shape index (κ3) is 3.06. The Kier molecular flexibility index (Phi) is 3.76. The molecule has 2 rings (SSSR count). The maximum atomic E-state index is 12.1. The van der Waals surface area contributed by atoms with E-state index >= 15 is 0 Å². The Morgan fingerprint density at radius 3 is 2.26 bits per heavy atom. The Labute approximate surface area is 113 Å². The lowest BCUT2D eigenvalue weighted by atomic mass is 10.2. The summed E-state index contributed by atoms with van der Waals surface area (Å²) in [6.45, 7) is 1.92. The molecule has 0 radical (unpaired) electrons. The molecule has 0 spiro atoms. The van der Waals surface area contributed by atoms with E-state index in [1.165, 1.54) is 0 Å². The molecular weight excluding hydrogens is 260 g/mol. The highest BCUT2D eigenvalue weighted by atomic mass is 32.2. The van der Waals surface area contributed by atoms with Crippen molar-refractivity contribution in [3.05, 3.63) is 54.1 Å². The molecule has 0 aliphatic rings. The lowest BCUT2D eigenvalue weighted by molar-refractivity contribution is 0.601. The SMILES string of the molecule is CNc1ccc(NS(=O)(=O)c2ccccc2)cc1C. The van der Waals surface area contributed by atoms with Crippen LogP contribution in [0.4, 0.5) is 11.4 Å². The lowest BCUT2D eigenvalue weighted by Crippen LogP contribution is -2.12. The van der Waals surface area contributed by atoms with E-state index in [1.807, 2.05) is 20.0 Å². The van der Waals surface area contributed by atoms with E-state index in [0.29, 0.717) is 5.69 Å². The van der Waals surface area contributed by atoms with E-state index in [9.17, 15) is 8.42 Å². The van der Waals surface area contributed by atoms with E-state index in [2.05, 4.69) is 10.0 Å². The molecule has 0 aromatic heterocycles. The highest BCUT2D eigenvalue weighted by molar-refractivity contribution is 7.92. The molecule has 5 heteroatoms. The van der Waals surface area contributed by atoms with Crippen LogP contribution in [-0.4, -0.2) is 15.5 Å². The molecule has 0 bridgehead atoms. The van der Waals surface area contributed by atoms with Gasteiger partial charge >= 0.3 is 0 Å². The van der Waals surface area contributed by atoms with E-state index in [-0.39, 0.29) is 4.90 Å². The fourth-order valence-electron chi connectivity index (χ4n) is 1.82. The summed E-state index contributed by atoms with van der Waals surface area (Å²) in [6, 6.07) is 13.7. The van der Waals surface area contributed by atoms with Crippen molar-refractivity contribution in [3.63, 3.8) is 0 Å². The first-order valence-corrected chi connectivity index (χ1v) is 7.37. The molecule has 0 aliphatic carbocycles. The number of nitrogens with one attached hydrogen (secondary N) is 2. The van der Waals surface area contributed by atoms with Gasteiger partial charge in [-0.05, 0) is 42.8 Å². The summed E-state index contributed by atoms with van der Waals surface area (Å²) >= 11 is 0. The van der Waals surface area contributed by atoms with Crippen molar-refractivity contribution in [1.29, 1.82) is 0 Å². The minimum Gasteiger partial charge on any atom is -0.388 e. The molecule has 0 unspecified atom stereocenters. The van der Waals surface area contributed by atoms with Gasteiger partial charge in [0.25, 0.3) is 10.0 Å². The van der Waals surface area contributed by atoms with Crippen LogP contribution in [0, 0.1) is 6.92 Å². The molecule has 19 heavy (non-hydrogen) atoms. The van der Waals surface area contributed by atoms with Gasteiger partial charge in [0.2, 0.25) is 0 Å². The fraction of sp³-hybridized carbons (Fsp3) is 0.143. The first-order chi connectivity index (χ1) is 9.03. The van der Waals surface area contributed by atoms with Crippen molar-refractivity contribution < 1.29 is 8.42 Å². The van der Waals surface area contributed by atoms with Crippen LogP contribution in [-0.2, 0) is 10.0 Å². The smallest absolute Gasteiger partial charge is 0.261 e. The highest BCUT2D eigenvalue weighted by Crippen LogP contribution is 2.21. The zero-order valence-corrected chi connectivity index (χ0v) is 11.7. The Bertz CT molecular complexity index is 667. The van der Waals surface area contributed by atoms with Crippen LogP contribution in [0.3, 0.4) is 0 Å². The predicted molar refractivity (Wildman–Crippen MR) is 78.0 cm³/mol. The molecule has 0 saturated carbocycles. The minimum absolute atomic E-state index is 0.255. The average molecular weight is 276 g/mol. The van der Waals surface area contributed by atoms with Crippen molar-refractivity contribution in [2.75, 3.05) is 17.1 Å². The van der Waals surface area contributed by atoms with Gasteiger partial charge in [-0.15, -0.1) is 0 Å². The number of benzene rings is 2. The van der Waals surface area contributed by atoms with Crippen LogP contribution in [0.1, 0.15) is 5.56 Å². The molecule has 2 aromatic carbocycles. The first-order valence-electron chi connectivity index (χ1n) is 5.89. The van der Waals surface area contributed by atoms with Crippen molar-refractivity contribution in [2.45, 2.75) is 11.8 Å². The van der Waals surface area contributed by atoms with Crippen molar-refractivity contribution >= 4 is 21.4 Å². The van der Waals surface area contributed by atoms with Gasteiger partial charge in [0, 0.05) is 18.4 Å². The summed E-state index contributed by atoms with van der Waals surface area (Å²) in [6.07, 6.45) is 0. The number of sulfonamides is 1. The van der Waals surface area contributed by atoms with Crippen LogP contribution < -0.4 is 10.0 Å². The summed E-state index contributed by atoms with van der Waals surface area (Å²) in [7, 11) is -1.69. The number of anilines is 2. The Morgan fingerprint density at radius 2 is 1.68 bits per heavy atom. The predicted octanol–water partition coefficient (Wildman–Crippen LogP) is 2.84. The van der Waals surface area contributed by atoms with Crippen molar-refractivity contribution in [3.8, 4) is 0 Å². The average Bonchev–Trinajstić information content (AvgIpc) is 2.39. The molecule has 2 aromatic rings. The minimum atomic E-state index is -3.52. The van der Waals surface area contributed by atoms with Gasteiger partial charge in [-0.25, -0.2) is 8.42 Å². The number of rotatable bonds is 4. The fourth-order valence-corrected chi connectivity index (χ4v) is 2.89. The monoisotopic (exact) mass is 276 g/mol. The molecule has 0 fully saturated rings. The lowest BCUT2D eigenvalue weighted by Gasteiger charge is -2.11. The summed E-state index contributed by atoms with van der Waals surface area (Å²) in [5.41, 5.74) is 2.51. The van der Waals surface area contributed by atoms with E-state index in [0.717, 1.165) is 11.3 Å². The topological polar surface area (TPSA) is 58.2 Å². The standard InChI is InChI=1S/C14H16N2O2S/c1-11-10-12(8-9-14(11)15-2)16-19(17,18)13-6-4-3-5-7-13/h3-10,15-16H,1-2H3. The number of hydrogen-bond acceptors (Lipinski definition) is 3. The molecule has 0 atom stereocenters. The van der Waals surface area contributed by atoms with Crippen LogP contribution >= 0.6 is 0 Å².